The van der Waals surface area contributed by atoms with Crippen LogP contribution in [-0.4, -0.2) is 50.0 Å². The van der Waals surface area contributed by atoms with Gasteiger partial charge in [-0.2, -0.15) is 4.98 Å². The molecule has 0 saturated carbocycles. The molecule has 124 valence electrons. The molecular formula is C16H18N6OS. The Bertz CT molecular complexity index is 824. The van der Waals surface area contributed by atoms with Gasteiger partial charge in [0.1, 0.15) is 0 Å². The third kappa shape index (κ3) is 3.29. The number of hydrogen-bond donors (Lipinski definition) is 1. The van der Waals surface area contributed by atoms with E-state index in [9.17, 15) is 4.79 Å². The highest BCUT2D eigenvalue weighted by Crippen LogP contribution is 2.23. The molecule has 3 aromatic heterocycles. The number of carbonyl (C=O) groups excluding carboxylic acids is 1. The smallest absolute Gasteiger partial charge is 0.252 e. The van der Waals surface area contributed by atoms with Crippen LogP contribution in [0.4, 0.5) is 0 Å². The van der Waals surface area contributed by atoms with Crippen LogP contribution in [-0.2, 0) is 24.2 Å². The fourth-order valence-corrected chi connectivity index (χ4v) is 3.80. The average molecular weight is 342 g/mol. The largest absolute Gasteiger partial charge is 0.354 e. The van der Waals surface area contributed by atoms with Crippen LogP contribution in [0.3, 0.4) is 0 Å². The van der Waals surface area contributed by atoms with E-state index in [1.165, 1.54) is 10.4 Å². The molecule has 0 radical (unpaired) electrons. The van der Waals surface area contributed by atoms with Crippen LogP contribution in [0, 0.1) is 0 Å². The van der Waals surface area contributed by atoms with Gasteiger partial charge in [0.15, 0.2) is 5.82 Å². The Balaban J connectivity index is 1.25. The van der Waals surface area contributed by atoms with Gasteiger partial charge in [-0.1, -0.05) is 0 Å². The number of nitrogens with one attached hydrogen (secondary N) is 1. The molecule has 4 rings (SSSR count). The van der Waals surface area contributed by atoms with E-state index < -0.39 is 0 Å². The topological polar surface area (TPSA) is 75.4 Å². The van der Waals surface area contributed by atoms with Gasteiger partial charge in [-0.05, 0) is 29.5 Å². The molecule has 1 amide bonds. The Hall–Kier alpha value is -2.32. The second kappa shape index (κ2) is 6.66. The van der Waals surface area contributed by atoms with Crippen LogP contribution in [0.2, 0.25) is 0 Å². The van der Waals surface area contributed by atoms with Crippen molar-refractivity contribution >= 4 is 23.0 Å². The monoisotopic (exact) mass is 342 g/mol. The molecule has 8 heteroatoms. The third-order valence-corrected chi connectivity index (χ3v) is 5.14. The number of fused-ring (bicyclic) bond motifs is 2. The van der Waals surface area contributed by atoms with E-state index in [1.54, 1.807) is 23.0 Å². The summed E-state index contributed by atoms with van der Waals surface area (Å²) in [5.41, 5.74) is 1.43. The number of rotatable bonds is 5. The van der Waals surface area contributed by atoms with E-state index in [1.807, 2.05) is 11.3 Å². The molecule has 4 heterocycles. The molecule has 0 fully saturated rings. The first-order chi connectivity index (χ1) is 11.8. The van der Waals surface area contributed by atoms with Crippen molar-refractivity contribution in [1.29, 1.82) is 0 Å². The summed E-state index contributed by atoms with van der Waals surface area (Å²) in [4.78, 5) is 24.3. The van der Waals surface area contributed by atoms with Crippen molar-refractivity contribution < 1.29 is 4.79 Å². The Morgan fingerprint density at radius 3 is 3.29 bits per heavy atom. The highest BCUT2D eigenvalue weighted by molar-refractivity contribution is 7.10. The van der Waals surface area contributed by atoms with Crippen molar-refractivity contribution in [1.82, 2.24) is 29.8 Å². The molecule has 0 spiro atoms. The zero-order valence-corrected chi connectivity index (χ0v) is 14.0. The summed E-state index contributed by atoms with van der Waals surface area (Å²) in [6, 6.07) is 3.98. The molecule has 0 unspecified atom stereocenters. The van der Waals surface area contributed by atoms with Crippen LogP contribution in [0.5, 0.6) is 0 Å². The van der Waals surface area contributed by atoms with Gasteiger partial charge in [-0.25, -0.2) is 9.50 Å². The lowest BCUT2D eigenvalue weighted by molar-refractivity contribution is -0.120. The number of amides is 1. The molecule has 0 aromatic carbocycles. The maximum Gasteiger partial charge on any atom is 0.252 e. The summed E-state index contributed by atoms with van der Waals surface area (Å²) in [6.45, 7) is 3.54. The predicted octanol–water partition coefficient (Wildman–Crippen LogP) is 0.903. The first-order valence-electron chi connectivity index (χ1n) is 7.98. The summed E-state index contributed by atoms with van der Waals surface area (Å²) in [7, 11) is 0. The van der Waals surface area contributed by atoms with Crippen LogP contribution >= 0.6 is 11.3 Å². The molecule has 1 aliphatic rings. The van der Waals surface area contributed by atoms with Gasteiger partial charge in [0.05, 0.1) is 6.42 Å². The van der Waals surface area contributed by atoms with Crippen molar-refractivity contribution in [2.24, 2.45) is 0 Å². The van der Waals surface area contributed by atoms with Crippen molar-refractivity contribution in [3.8, 4) is 0 Å². The number of aromatic nitrogens is 4. The number of hydrogen-bond acceptors (Lipinski definition) is 6. The number of carbonyl (C=O) groups is 1. The van der Waals surface area contributed by atoms with Gasteiger partial charge in [-0.15, -0.1) is 16.4 Å². The fourth-order valence-electron chi connectivity index (χ4n) is 2.91. The Kier molecular flexibility index (Phi) is 4.22. The quantitative estimate of drug-likeness (QED) is 0.746. The van der Waals surface area contributed by atoms with Crippen molar-refractivity contribution in [2.75, 3.05) is 19.6 Å². The number of thiophene rings is 1. The highest BCUT2D eigenvalue weighted by atomic mass is 32.1. The van der Waals surface area contributed by atoms with Crippen LogP contribution in [0.25, 0.3) is 5.78 Å². The van der Waals surface area contributed by atoms with E-state index in [2.05, 4.69) is 36.7 Å². The number of nitrogens with zero attached hydrogens (tertiary/aromatic N) is 5. The summed E-state index contributed by atoms with van der Waals surface area (Å²) in [5, 5.41) is 9.35. The lowest BCUT2D eigenvalue weighted by Gasteiger charge is -2.26. The highest BCUT2D eigenvalue weighted by Gasteiger charge is 2.17. The summed E-state index contributed by atoms with van der Waals surface area (Å²) >= 11 is 1.84. The SMILES string of the molecule is O=C(Cc1nc2ncccn2n1)NCCN1CCc2sccc2C1. The molecule has 1 aliphatic heterocycles. The van der Waals surface area contributed by atoms with E-state index in [0.717, 1.165) is 26.1 Å². The van der Waals surface area contributed by atoms with Gasteiger partial charge in [0.25, 0.3) is 5.78 Å². The lowest BCUT2D eigenvalue weighted by atomic mass is 10.1. The molecule has 0 aliphatic carbocycles. The molecular weight excluding hydrogens is 324 g/mol. The minimum absolute atomic E-state index is 0.0564. The molecule has 7 nitrogen and oxygen atoms in total. The first kappa shape index (κ1) is 15.2. The Morgan fingerprint density at radius 2 is 2.38 bits per heavy atom. The summed E-state index contributed by atoms with van der Waals surface area (Å²) < 4.78 is 1.58. The average Bonchev–Trinajstić information content (AvgIpc) is 3.19. The van der Waals surface area contributed by atoms with Crippen LogP contribution < -0.4 is 5.32 Å². The molecule has 0 saturated heterocycles. The van der Waals surface area contributed by atoms with Crippen molar-refractivity contribution in [3.05, 3.63) is 46.2 Å². The van der Waals surface area contributed by atoms with Gasteiger partial charge < -0.3 is 5.32 Å². The Morgan fingerprint density at radius 1 is 1.42 bits per heavy atom. The maximum atomic E-state index is 12.1. The third-order valence-electron chi connectivity index (χ3n) is 4.12. The lowest BCUT2D eigenvalue weighted by Crippen LogP contribution is -2.38. The van der Waals surface area contributed by atoms with Gasteiger partial charge >= 0.3 is 0 Å². The predicted molar refractivity (Wildman–Crippen MR) is 90.8 cm³/mol. The minimum Gasteiger partial charge on any atom is -0.354 e. The summed E-state index contributed by atoms with van der Waals surface area (Å²) in [5.74, 6) is 0.950. The maximum absolute atomic E-state index is 12.1. The van der Waals surface area contributed by atoms with Gasteiger partial charge in [0.2, 0.25) is 5.91 Å². The van der Waals surface area contributed by atoms with Crippen LogP contribution in [0.1, 0.15) is 16.3 Å². The summed E-state index contributed by atoms with van der Waals surface area (Å²) in [6.07, 6.45) is 4.72. The Labute approximate surface area is 143 Å². The standard InChI is InChI=1S/C16H18N6OS/c23-15(10-14-19-16-18-4-1-6-22(16)20-14)17-5-8-21-7-2-13-12(11-21)3-9-24-13/h1,3-4,6,9H,2,5,7-8,10-11H2,(H,17,23). The zero-order chi connectivity index (χ0) is 16.4. The van der Waals surface area contributed by atoms with E-state index >= 15 is 0 Å². The molecule has 1 N–H and O–H groups in total. The van der Waals surface area contributed by atoms with Crippen LogP contribution in [0.15, 0.2) is 29.9 Å². The molecule has 0 bridgehead atoms. The zero-order valence-electron chi connectivity index (χ0n) is 13.2. The molecule has 0 atom stereocenters. The molecule has 24 heavy (non-hydrogen) atoms. The van der Waals surface area contributed by atoms with Gasteiger partial charge in [0, 0.05) is 43.4 Å². The van der Waals surface area contributed by atoms with E-state index in [4.69, 9.17) is 0 Å². The van der Waals surface area contributed by atoms with Crippen molar-refractivity contribution in [3.63, 3.8) is 0 Å². The first-order valence-corrected chi connectivity index (χ1v) is 8.86. The van der Waals surface area contributed by atoms with Crippen molar-refractivity contribution in [2.45, 2.75) is 19.4 Å². The van der Waals surface area contributed by atoms with E-state index in [0.29, 0.717) is 18.1 Å². The second-order valence-corrected chi connectivity index (χ2v) is 6.81. The normalized spacial score (nSPS) is 14.7. The second-order valence-electron chi connectivity index (χ2n) is 5.81. The van der Waals surface area contributed by atoms with Gasteiger partial charge in [-0.3, -0.25) is 9.69 Å². The fraction of sp³-hybridized carbons (Fsp3) is 0.375. The minimum atomic E-state index is -0.0564. The van der Waals surface area contributed by atoms with E-state index in [-0.39, 0.29) is 12.3 Å². The molecule has 3 aromatic rings.